The van der Waals surface area contributed by atoms with E-state index in [0.29, 0.717) is 0 Å². The summed E-state index contributed by atoms with van der Waals surface area (Å²) in [6, 6.07) is 23.1. The van der Waals surface area contributed by atoms with Crippen LogP contribution in [0.25, 0.3) is 33.0 Å². The van der Waals surface area contributed by atoms with Gasteiger partial charge >= 0.3 is 0 Å². The molecule has 0 unspecified atom stereocenters. The van der Waals surface area contributed by atoms with Gasteiger partial charge in [-0.2, -0.15) is 0 Å². The van der Waals surface area contributed by atoms with Crippen LogP contribution in [0, 0.1) is 0 Å². The Kier molecular flexibility index (Phi) is 3.68. The van der Waals surface area contributed by atoms with Gasteiger partial charge in [0.2, 0.25) is 0 Å². The van der Waals surface area contributed by atoms with Crippen LogP contribution in [-0.2, 0) is 10.8 Å². The summed E-state index contributed by atoms with van der Waals surface area (Å²) >= 11 is 7.31. The molecule has 0 atom stereocenters. The second-order valence-electron chi connectivity index (χ2n) is 9.77. The molecule has 2 aliphatic rings. The molecule has 4 aromatic rings. The van der Waals surface area contributed by atoms with Crippen molar-refractivity contribution in [2.24, 2.45) is 0 Å². The van der Waals surface area contributed by atoms with Gasteiger partial charge in [-0.05, 0) is 104 Å². The molecule has 148 valence electrons. The van der Waals surface area contributed by atoms with Gasteiger partial charge in [-0.15, -0.1) is 0 Å². The maximum absolute atomic E-state index is 3.68. The van der Waals surface area contributed by atoms with Crippen molar-refractivity contribution in [2.75, 3.05) is 0 Å². The average Bonchev–Trinajstić information content (AvgIpc) is 3.05. The highest BCUT2D eigenvalue weighted by Crippen LogP contribution is 2.56. The molecule has 0 spiro atoms. The van der Waals surface area contributed by atoms with Crippen LogP contribution in [0.3, 0.4) is 0 Å². The quantitative estimate of drug-likeness (QED) is 0.218. The van der Waals surface area contributed by atoms with Gasteiger partial charge in [0.15, 0.2) is 0 Å². The molecule has 4 aromatic carbocycles. The molecule has 0 fully saturated rings. The van der Waals surface area contributed by atoms with E-state index in [2.05, 4.69) is 120 Å². The highest BCUT2D eigenvalue weighted by molar-refractivity contribution is 9.10. The van der Waals surface area contributed by atoms with E-state index in [1.165, 1.54) is 55.3 Å². The van der Waals surface area contributed by atoms with Crippen molar-refractivity contribution in [1.29, 1.82) is 0 Å². The zero-order chi connectivity index (χ0) is 21.0. The van der Waals surface area contributed by atoms with Crippen LogP contribution < -0.4 is 0 Å². The standard InChI is InChI=1S/C28H22Br2/c1-27(2)23-11-16-9-17(29)6-5-15(16)10-20(23)22-14-25-21(13-26(22)27)19-8-7-18(30)12-24(19)28(25,3)4/h5-14H,1-4H3. The molecule has 0 bridgehead atoms. The van der Waals surface area contributed by atoms with E-state index in [4.69, 9.17) is 0 Å². The van der Waals surface area contributed by atoms with E-state index in [1.54, 1.807) is 0 Å². The van der Waals surface area contributed by atoms with Crippen molar-refractivity contribution >= 4 is 42.6 Å². The molecule has 0 amide bonds. The van der Waals surface area contributed by atoms with E-state index < -0.39 is 0 Å². The fourth-order valence-electron chi connectivity index (χ4n) is 5.65. The Morgan fingerprint density at radius 2 is 0.967 bits per heavy atom. The molecule has 30 heavy (non-hydrogen) atoms. The monoisotopic (exact) mass is 516 g/mol. The number of halogens is 2. The van der Waals surface area contributed by atoms with Crippen LogP contribution in [0.5, 0.6) is 0 Å². The summed E-state index contributed by atoms with van der Waals surface area (Å²) in [5.74, 6) is 0. The first-order chi connectivity index (χ1) is 14.2. The molecule has 0 aliphatic heterocycles. The van der Waals surface area contributed by atoms with E-state index in [0.717, 1.165) is 8.95 Å². The first kappa shape index (κ1) is 18.8. The topological polar surface area (TPSA) is 0 Å². The molecular weight excluding hydrogens is 496 g/mol. The average molecular weight is 518 g/mol. The van der Waals surface area contributed by atoms with Crippen molar-refractivity contribution in [1.82, 2.24) is 0 Å². The summed E-state index contributed by atoms with van der Waals surface area (Å²) in [5, 5.41) is 2.60. The third-order valence-corrected chi connectivity index (χ3v) is 8.34. The van der Waals surface area contributed by atoms with Crippen molar-refractivity contribution in [3.05, 3.63) is 91.9 Å². The van der Waals surface area contributed by atoms with Gasteiger partial charge in [-0.25, -0.2) is 0 Å². The van der Waals surface area contributed by atoms with Crippen molar-refractivity contribution in [3.63, 3.8) is 0 Å². The molecule has 0 nitrogen and oxygen atoms in total. The number of fused-ring (bicyclic) bond motifs is 7. The van der Waals surface area contributed by atoms with Gasteiger partial charge in [0.05, 0.1) is 0 Å². The molecule has 0 aromatic heterocycles. The Morgan fingerprint density at radius 1 is 0.467 bits per heavy atom. The van der Waals surface area contributed by atoms with Gasteiger partial charge in [-0.3, -0.25) is 0 Å². The predicted octanol–water partition coefficient (Wildman–Crippen LogP) is 8.98. The lowest BCUT2D eigenvalue weighted by Crippen LogP contribution is -2.17. The van der Waals surface area contributed by atoms with E-state index in [9.17, 15) is 0 Å². The number of hydrogen-bond acceptors (Lipinski definition) is 0. The molecule has 0 saturated heterocycles. The highest BCUT2D eigenvalue weighted by Gasteiger charge is 2.41. The molecular formula is C28H22Br2. The SMILES string of the molecule is CC1(C)c2cc(Br)ccc2-c2cc3c(cc21)-c1cc2ccc(Br)cc2cc1C3(C)C. The van der Waals surface area contributed by atoms with E-state index >= 15 is 0 Å². The number of hydrogen-bond donors (Lipinski definition) is 0. The molecule has 0 N–H and O–H groups in total. The number of rotatable bonds is 0. The third-order valence-electron chi connectivity index (χ3n) is 7.35. The predicted molar refractivity (Wildman–Crippen MR) is 134 cm³/mol. The Hall–Kier alpha value is -1.90. The van der Waals surface area contributed by atoms with Gasteiger partial charge in [0.25, 0.3) is 0 Å². The molecule has 0 radical (unpaired) electrons. The zero-order valence-electron chi connectivity index (χ0n) is 17.5. The minimum atomic E-state index is -0.0154. The lowest BCUT2D eigenvalue weighted by Gasteiger charge is -2.24. The zero-order valence-corrected chi connectivity index (χ0v) is 20.7. The first-order valence-corrected chi connectivity index (χ1v) is 12.0. The molecule has 2 aliphatic carbocycles. The summed E-state index contributed by atoms with van der Waals surface area (Å²) < 4.78 is 2.28. The van der Waals surface area contributed by atoms with Crippen LogP contribution in [0.1, 0.15) is 49.9 Å². The lowest BCUT2D eigenvalue weighted by molar-refractivity contribution is 0.652. The normalized spacial score (nSPS) is 16.9. The van der Waals surface area contributed by atoms with Crippen molar-refractivity contribution in [2.45, 2.75) is 38.5 Å². The largest absolute Gasteiger partial charge is 0.0532 e. The molecule has 2 heteroatoms. The summed E-state index contributed by atoms with van der Waals surface area (Å²) in [6.45, 7) is 9.46. The smallest absolute Gasteiger partial charge is 0.0181 e. The van der Waals surface area contributed by atoms with Crippen molar-refractivity contribution < 1.29 is 0 Å². The number of benzene rings is 4. The minimum absolute atomic E-state index is 0.00190. The molecule has 6 rings (SSSR count). The fraction of sp³-hybridized carbons (Fsp3) is 0.214. The fourth-order valence-corrected chi connectivity index (χ4v) is 6.39. The van der Waals surface area contributed by atoms with Gasteiger partial charge in [-0.1, -0.05) is 71.7 Å². The molecule has 0 heterocycles. The molecule has 0 saturated carbocycles. The second kappa shape index (κ2) is 5.87. The van der Waals surface area contributed by atoms with E-state index in [1.807, 2.05) is 0 Å². The summed E-state index contributed by atoms with van der Waals surface area (Å²) in [7, 11) is 0. The van der Waals surface area contributed by atoms with Gasteiger partial charge in [0.1, 0.15) is 0 Å². The van der Waals surface area contributed by atoms with Gasteiger partial charge in [0, 0.05) is 19.8 Å². The summed E-state index contributed by atoms with van der Waals surface area (Å²) in [6.07, 6.45) is 0. The lowest BCUT2D eigenvalue weighted by atomic mass is 9.79. The Balaban J connectivity index is 1.67. The van der Waals surface area contributed by atoms with E-state index in [-0.39, 0.29) is 10.8 Å². The maximum atomic E-state index is 3.68. The minimum Gasteiger partial charge on any atom is -0.0532 e. The van der Waals surface area contributed by atoms with Crippen LogP contribution in [0.4, 0.5) is 0 Å². The van der Waals surface area contributed by atoms with Gasteiger partial charge < -0.3 is 0 Å². The summed E-state index contributed by atoms with van der Waals surface area (Å²) in [4.78, 5) is 0. The maximum Gasteiger partial charge on any atom is 0.0181 e. The third kappa shape index (κ3) is 2.32. The Morgan fingerprint density at radius 3 is 1.67 bits per heavy atom. The van der Waals surface area contributed by atoms with Crippen LogP contribution >= 0.6 is 31.9 Å². The summed E-state index contributed by atoms with van der Waals surface area (Å²) in [5.41, 5.74) is 11.3. The second-order valence-corrected chi connectivity index (χ2v) is 11.6. The van der Waals surface area contributed by atoms with Crippen molar-refractivity contribution in [3.8, 4) is 22.3 Å². The Labute approximate surface area is 194 Å². The Bertz CT molecular complexity index is 1410. The highest BCUT2D eigenvalue weighted by atomic mass is 79.9. The van der Waals surface area contributed by atoms with Crippen LogP contribution in [-0.4, -0.2) is 0 Å². The first-order valence-electron chi connectivity index (χ1n) is 10.4. The van der Waals surface area contributed by atoms with Crippen LogP contribution in [0.15, 0.2) is 69.6 Å². The van der Waals surface area contributed by atoms with Crippen LogP contribution in [0.2, 0.25) is 0 Å².